The molecule has 2 aliphatic rings. The lowest BCUT2D eigenvalue weighted by atomic mass is 9.81. The van der Waals surface area contributed by atoms with Crippen LogP contribution < -0.4 is 4.90 Å². The van der Waals surface area contributed by atoms with Crippen molar-refractivity contribution in [3.05, 3.63) is 66.0 Å². The summed E-state index contributed by atoms with van der Waals surface area (Å²) in [6.07, 6.45) is 2.96. The molecule has 1 aliphatic heterocycles. The highest BCUT2D eigenvalue weighted by molar-refractivity contribution is 14.0. The Morgan fingerprint density at radius 2 is 1.72 bits per heavy atom. The van der Waals surface area contributed by atoms with Gasteiger partial charge in [-0.25, -0.2) is 4.79 Å². The van der Waals surface area contributed by atoms with E-state index < -0.39 is 12.1 Å². The third-order valence-corrected chi connectivity index (χ3v) is 5.17. The van der Waals surface area contributed by atoms with Crippen LogP contribution in [0.2, 0.25) is 0 Å². The molecule has 4 rings (SSSR count). The smallest absolute Gasteiger partial charge is 0.347 e. The van der Waals surface area contributed by atoms with E-state index in [1.54, 1.807) is 11.9 Å². The topological polar surface area (TPSA) is 43.8 Å². The van der Waals surface area contributed by atoms with Crippen LogP contribution in [0.5, 0.6) is 0 Å². The van der Waals surface area contributed by atoms with Gasteiger partial charge in [-0.3, -0.25) is 0 Å². The van der Waals surface area contributed by atoms with E-state index in [4.69, 9.17) is 0 Å². The molecule has 0 amide bonds. The van der Waals surface area contributed by atoms with Crippen molar-refractivity contribution in [3.63, 3.8) is 0 Å². The standard InChI is InChI=1S/C20H20N2O2.HI/c1-20(2)15-9-5-4-7-13(15)14-8-6-10-16(17(14)20)22-12-11-21(3)18(22)19(23)24;/h4-12,18H,1-3H3,(H,23,24);1H. The van der Waals surface area contributed by atoms with Crippen LogP contribution in [0.4, 0.5) is 5.69 Å². The zero-order chi connectivity index (χ0) is 17.1. The Hall–Kier alpha value is -2.02. The van der Waals surface area contributed by atoms with E-state index in [1.165, 1.54) is 22.3 Å². The van der Waals surface area contributed by atoms with E-state index in [0.29, 0.717) is 0 Å². The summed E-state index contributed by atoms with van der Waals surface area (Å²) in [6.45, 7) is 4.42. The molecule has 1 N–H and O–H groups in total. The second kappa shape index (κ2) is 6.05. The molecule has 1 heterocycles. The van der Waals surface area contributed by atoms with Crippen molar-refractivity contribution in [1.29, 1.82) is 0 Å². The number of nitrogens with zero attached hydrogens (tertiary/aromatic N) is 2. The van der Waals surface area contributed by atoms with Crippen molar-refractivity contribution in [3.8, 4) is 11.1 Å². The summed E-state index contributed by atoms with van der Waals surface area (Å²) in [7, 11) is 1.79. The maximum absolute atomic E-state index is 11.8. The molecule has 0 bridgehead atoms. The first-order valence-electron chi connectivity index (χ1n) is 8.07. The number of benzene rings is 2. The van der Waals surface area contributed by atoms with Crippen molar-refractivity contribution in [2.24, 2.45) is 0 Å². The molecule has 1 aliphatic carbocycles. The van der Waals surface area contributed by atoms with Crippen LogP contribution in [0, 0.1) is 0 Å². The average molecular weight is 448 g/mol. The number of likely N-dealkylation sites (N-methyl/N-ethyl adjacent to an activating group) is 1. The number of carboxylic acids is 1. The summed E-state index contributed by atoms with van der Waals surface area (Å²) < 4.78 is 0. The summed E-state index contributed by atoms with van der Waals surface area (Å²) in [5, 5.41) is 9.64. The van der Waals surface area contributed by atoms with Gasteiger partial charge in [-0.1, -0.05) is 50.2 Å². The zero-order valence-electron chi connectivity index (χ0n) is 14.4. The van der Waals surface area contributed by atoms with Crippen LogP contribution in [-0.4, -0.2) is 29.2 Å². The van der Waals surface area contributed by atoms with Gasteiger partial charge >= 0.3 is 5.97 Å². The quantitative estimate of drug-likeness (QED) is 0.699. The third kappa shape index (κ3) is 2.44. The van der Waals surface area contributed by atoms with Gasteiger partial charge in [-0.2, -0.15) is 0 Å². The number of carbonyl (C=O) groups is 1. The molecule has 0 saturated carbocycles. The Morgan fingerprint density at radius 3 is 2.44 bits per heavy atom. The number of halogens is 1. The molecule has 0 saturated heterocycles. The van der Waals surface area contributed by atoms with Crippen molar-refractivity contribution in [1.82, 2.24) is 4.90 Å². The predicted octanol–water partition coefficient (Wildman–Crippen LogP) is 4.24. The van der Waals surface area contributed by atoms with Crippen LogP contribution in [0.15, 0.2) is 54.9 Å². The SMILES string of the molecule is CN1C=CN(c2cccc3c2C(C)(C)c2ccccc2-3)C1C(=O)O.I. The molecular formula is C20H21IN2O2. The van der Waals surface area contributed by atoms with E-state index in [2.05, 4.69) is 44.2 Å². The van der Waals surface area contributed by atoms with Crippen LogP contribution >= 0.6 is 24.0 Å². The van der Waals surface area contributed by atoms with Gasteiger partial charge in [0.15, 0.2) is 0 Å². The minimum Gasteiger partial charge on any atom is -0.478 e. The van der Waals surface area contributed by atoms with E-state index in [1.807, 2.05) is 29.4 Å². The first kappa shape index (κ1) is 17.8. The molecule has 2 aromatic rings. The molecule has 0 aromatic heterocycles. The third-order valence-electron chi connectivity index (χ3n) is 5.17. The maximum atomic E-state index is 11.8. The molecule has 4 nitrogen and oxygen atoms in total. The lowest BCUT2D eigenvalue weighted by Gasteiger charge is -2.32. The fraction of sp³-hybridized carbons (Fsp3) is 0.250. The number of anilines is 1. The molecule has 25 heavy (non-hydrogen) atoms. The molecule has 0 fully saturated rings. The van der Waals surface area contributed by atoms with Crippen LogP contribution in [0.3, 0.4) is 0 Å². The van der Waals surface area contributed by atoms with Crippen molar-refractivity contribution >= 4 is 35.6 Å². The molecule has 5 heteroatoms. The second-order valence-electron chi connectivity index (χ2n) is 6.95. The van der Waals surface area contributed by atoms with Crippen LogP contribution in [-0.2, 0) is 10.2 Å². The van der Waals surface area contributed by atoms with Gasteiger partial charge in [0.2, 0.25) is 6.17 Å². The number of hydrogen-bond donors (Lipinski definition) is 1. The van der Waals surface area contributed by atoms with E-state index in [9.17, 15) is 9.90 Å². The van der Waals surface area contributed by atoms with Crippen molar-refractivity contribution in [2.45, 2.75) is 25.4 Å². The highest BCUT2D eigenvalue weighted by Gasteiger charge is 2.41. The van der Waals surface area contributed by atoms with Crippen LogP contribution in [0.25, 0.3) is 11.1 Å². The van der Waals surface area contributed by atoms with Gasteiger partial charge in [-0.15, -0.1) is 24.0 Å². The summed E-state index contributed by atoms with van der Waals surface area (Å²) in [5.74, 6) is -0.853. The largest absolute Gasteiger partial charge is 0.478 e. The predicted molar refractivity (Wildman–Crippen MR) is 110 cm³/mol. The Bertz CT molecular complexity index is 876. The summed E-state index contributed by atoms with van der Waals surface area (Å²) in [6, 6.07) is 14.6. The van der Waals surface area contributed by atoms with Gasteiger partial charge in [0.1, 0.15) is 0 Å². The van der Waals surface area contributed by atoms with Crippen LogP contribution in [0.1, 0.15) is 25.0 Å². The zero-order valence-corrected chi connectivity index (χ0v) is 16.8. The van der Waals surface area contributed by atoms with E-state index in [0.717, 1.165) is 5.69 Å². The fourth-order valence-electron chi connectivity index (χ4n) is 4.08. The highest BCUT2D eigenvalue weighted by Crippen LogP contribution is 2.52. The number of hydrogen-bond acceptors (Lipinski definition) is 3. The van der Waals surface area contributed by atoms with E-state index in [-0.39, 0.29) is 29.4 Å². The number of carboxylic acid groups (broad SMARTS) is 1. The molecule has 0 spiro atoms. The van der Waals surface area contributed by atoms with Crippen molar-refractivity contribution in [2.75, 3.05) is 11.9 Å². The maximum Gasteiger partial charge on any atom is 0.347 e. The molecular weight excluding hydrogens is 427 g/mol. The first-order chi connectivity index (χ1) is 11.4. The normalized spacial score (nSPS) is 19.4. The molecule has 1 unspecified atom stereocenters. The number of aliphatic carboxylic acids is 1. The first-order valence-corrected chi connectivity index (χ1v) is 8.07. The fourth-order valence-corrected chi connectivity index (χ4v) is 4.08. The lowest BCUT2D eigenvalue weighted by Crippen LogP contribution is -2.44. The summed E-state index contributed by atoms with van der Waals surface area (Å²) in [4.78, 5) is 15.3. The second-order valence-corrected chi connectivity index (χ2v) is 6.95. The highest BCUT2D eigenvalue weighted by atomic mass is 127. The Morgan fingerprint density at radius 1 is 1.04 bits per heavy atom. The number of fused-ring (bicyclic) bond motifs is 3. The van der Waals surface area contributed by atoms with Gasteiger partial charge in [-0.05, 0) is 28.3 Å². The van der Waals surface area contributed by atoms with Gasteiger partial charge in [0, 0.05) is 30.5 Å². The van der Waals surface area contributed by atoms with Gasteiger partial charge in [0.05, 0.1) is 0 Å². The lowest BCUT2D eigenvalue weighted by molar-refractivity contribution is -0.141. The molecule has 130 valence electrons. The summed E-state index contributed by atoms with van der Waals surface area (Å²) in [5.41, 5.74) is 5.71. The Labute approximate surface area is 164 Å². The van der Waals surface area contributed by atoms with Crippen molar-refractivity contribution < 1.29 is 9.90 Å². The van der Waals surface area contributed by atoms with E-state index >= 15 is 0 Å². The molecule has 0 radical (unpaired) electrons. The Kier molecular flexibility index (Phi) is 4.31. The minimum absolute atomic E-state index is 0. The number of rotatable bonds is 2. The minimum atomic E-state index is -0.853. The molecule has 2 aromatic carbocycles. The van der Waals surface area contributed by atoms with Gasteiger partial charge in [0.25, 0.3) is 0 Å². The summed E-state index contributed by atoms with van der Waals surface area (Å²) >= 11 is 0. The Balaban J connectivity index is 0.00000182. The average Bonchev–Trinajstić information content (AvgIpc) is 3.05. The monoisotopic (exact) mass is 448 g/mol. The van der Waals surface area contributed by atoms with Gasteiger partial charge < -0.3 is 14.9 Å². The molecule has 1 atom stereocenters.